The van der Waals surface area contributed by atoms with Crippen LogP contribution in [0.3, 0.4) is 0 Å². The first-order chi connectivity index (χ1) is 13.9. The minimum Gasteiger partial charge on any atom is -0.267 e. The predicted octanol–water partition coefficient (Wildman–Crippen LogP) is 4.55. The van der Waals surface area contributed by atoms with Crippen LogP contribution in [-0.4, -0.2) is 22.1 Å². The van der Waals surface area contributed by atoms with E-state index >= 15 is 0 Å². The normalized spacial score (nSPS) is 11.6. The monoisotopic (exact) mass is 416 g/mol. The van der Waals surface area contributed by atoms with Crippen LogP contribution in [0, 0.1) is 0 Å². The molecule has 1 amide bonds. The molecule has 3 aromatic rings. The van der Waals surface area contributed by atoms with Gasteiger partial charge in [0, 0.05) is 29.3 Å². The van der Waals surface area contributed by atoms with E-state index in [1.165, 1.54) is 30.0 Å². The fraction of sp³-hybridized carbons (Fsp3) is 0.100. The van der Waals surface area contributed by atoms with E-state index in [-0.39, 0.29) is 5.56 Å². The quantitative estimate of drug-likeness (QED) is 0.277. The van der Waals surface area contributed by atoms with E-state index < -0.39 is 17.6 Å². The number of carbonyl (C=O) groups is 1. The van der Waals surface area contributed by atoms with E-state index in [1.54, 1.807) is 42.7 Å². The molecule has 2 aromatic carbocycles. The Balaban J connectivity index is 1.58. The molecule has 0 aliphatic carbocycles. The van der Waals surface area contributed by atoms with Gasteiger partial charge in [0.25, 0.3) is 5.91 Å². The van der Waals surface area contributed by atoms with E-state index in [0.717, 1.165) is 17.8 Å². The SMILES string of the molecule is O=C(NN=Cc1ccccc1C(F)(F)F)c1ccc(CSc2ncccn2)cc1. The number of aromatic nitrogens is 2. The minimum atomic E-state index is -4.49. The van der Waals surface area contributed by atoms with Crippen molar-refractivity contribution in [2.75, 3.05) is 0 Å². The lowest BCUT2D eigenvalue weighted by Crippen LogP contribution is -2.18. The second kappa shape index (κ2) is 9.33. The number of benzene rings is 2. The zero-order valence-electron chi connectivity index (χ0n) is 14.9. The lowest BCUT2D eigenvalue weighted by Gasteiger charge is -2.09. The number of alkyl halides is 3. The highest BCUT2D eigenvalue weighted by atomic mass is 32.2. The number of hydrazone groups is 1. The van der Waals surface area contributed by atoms with Crippen molar-refractivity contribution < 1.29 is 18.0 Å². The van der Waals surface area contributed by atoms with Gasteiger partial charge in [-0.15, -0.1) is 0 Å². The van der Waals surface area contributed by atoms with Gasteiger partial charge in [-0.3, -0.25) is 4.79 Å². The van der Waals surface area contributed by atoms with Crippen LogP contribution >= 0.6 is 11.8 Å². The lowest BCUT2D eigenvalue weighted by atomic mass is 10.1. The van der Waals surface area contributed by atoms with E-state index in [2.05, 4.69) is 20.5 Å². The molecule has 9 heteroatoms. The van der Waals surface area contributed by atoms with Crippen molar-refractivity contribution in [2.45, 2.75) is 17.1 Å². The molecule has 148 valence electrons. The van der Waals surface area contributed by atoms with Crippen LogP contribution in [0.4, 0.5) is 13.2 Å². The molecule has 0 fully saturated rings. The van der Waals surface area contributed by atoms with Crippen LogP contribution in [0.25, 0.3) is 0 Å². The number of hydrogen-bond acceptors (Lipinski definition) is 5. The second-order valence-electron chi connectivity index (χ2n) is 5.80. The predicted molar refractivity (Wildman–Crippen MR) is 105 cm³/mol. The Kier molecular flexibility index (Phi) is 6.61. The lowest BCUT2D eigenvalue weighted by molar-refractivity contribution is -0.137. The number of hydrogen-bond donors (Lipinski definition) is 1. The summed E-state index contributed by atoms with van der Waals surface area (Å²) in [7, 11) is 0. The van der Waals surface area contributed by atoms with Crippen molar-refractivity contribution in [2.24, 2.45) is 5.10 Å². The Morgan fingerprint density at radius 1 is 1.03 bits per heavy atom. The van der Waals surface area contributed by atoms with E-state index in [9.17, 15) is 18.0 Å². The molecule has 0 spiro atoms. The van der Waals surface area contributed by atoms with E-state index in [0.29, 0.717) is 16.5 Å². The first kappa shape index (κ1) is 20.5. The van der Waals surface area contributed by atoms with E-state index in [1.807, 2.05) is 0 Å². The van der Waals surface area contributed by atoms with Crippen LogP contribution in [-0.2, 0) is 11.9 Å². The fourth-order valence-corrected chi connectivity index (χ4v) is 3.11. The second-order valence-corrected chi connectivity index (χ2v) is 6.74. The summed E-state index contributed by atoms with van der Waals surface area (Å²) in [6.45, 7) is 0. The van der Waals surface area contributed by atoms with Gasteiger partial charge < -0.3 is 0 Å². The number of thioether (sulfide) groups is 1. The van der Waals surface area contributed by atoms with Gasteiger partial charge in [-0.05, 0) is 29.8 Å². The molecule has 29 heavy (non-hydrogen) atoms. The molecule has 1 heterocycles. The Labute approximate surface area is 169 Å². The smallest absolute Gasteiger partial charge is 0.267 e. The van der Waals surface area contributed by atoms with Gasteiger partial charge in [0.05, 0.1) is 11.8 Å². The van der Waals surface area contributed by atoms with Crippen molar-refractivity contribution in [1.29, 1.82) is 0 Å². The molecule has 0 saturated carbocycles. The third-order valence-corrected chi connectivity index (χ3v) is 4.71. The maximum absolute atomic E-state index is 12.9. The molecule has 5 nitrogen and oxygen atoms in total. The molecule has 0 unspecified atom stereocenters. The maximum atomic E-state index is 12.9. The van der Waals surface area contributed by atoms with Gasteiger partial charge in [0.1, 0.15) is 0 Å². The van der Waals surface area contributed by atoms with Crippen molar-refractivity contribution in [3.8, 4) is 0 Å². The molecule has 0 aliphatic rings. The summed E-state index contributed by atoms with van der Waals surface area (Å²) in [6, 6.07) is 13.6. The number of carbonyl (C=O) groups excluding carboxylic acids is 1. The Hall–Kier alpha value is -3.20. The molecular weight excluding hydrogens is 401 g/mol. The summed E-state index contributed by atoms with van der Waals surface area (Å²) < 4.78 is 38.8. The van der Waals surface area contributed by atoms with Crippen molar-refractivity contribution in [1.82, 2.24) is 15.4 Å². The third-order valence-electron chi connectivity index (χ3n) is 3.76. The van der Waals surface area contributed by atoms with Crippen LogP contribution in [0.2, 0.25) is 0 Å². The molecule has 0 radical (unpaired) electrons. The average Bonchev–Trinajstić information content (AvgIpc) is 2.73. The molecule has 0 atom stereocenters. The Bertz CT molecular complexity index is 993. The first-order valence-corrected chi connectivity index (χ1v) is 9.40. The fourth-order valence-electron chi connectivity index (χ4n) is 2.35. The number of halogens is 3. The molecule has 0 bridgehead atoms. The molecular formula is C20H15F3N4OS. The summed E-state index contributed by atoms with van der Waals surface area (Å²) >= 11 is 1.46. The Morgan fingerprint density at radius 2 is 1.72 bits per heavy atom. The van der Waals surface area contributed by atoms with Gasteiger partial charge in [0.2, 0.25) is 0 Å². The van der Waals surface area contributed by atoms with Gasteiger partial charge >= 0.3 is 6.18 Å². The number of nitrogens with one attached hydrogen (secondary N) is 1. The Morgan fingerprint density at radius 3 is 2.41 bits per heavy atom. The summed E-state index contributed by atoms with van der Waals surface area (Å²) in [5, 5.41) is 4.30. The highest BCUT2D eigenvalue weighted by molar-refractivity contribution is 7.98. The average molecular weight is 416 g/mol. The summed E-state index contributed by atoms with van der Waals surface area (Å²) in [4.78, 5) is 20.4. The standard InChI is InChI=1S/C20H15F3N4OS/c21-20(22,23)17-5-2-1-4-16(17)12-26-27-18(28)15-8-6-14(7-9-15)13-29-19-24-10-3-11-25-19/h1-12H,13H2,(H,27,28). The van der Waals surface area contributed by atoms with Crippen molar-refractivity contribution in [3.05, 3.63) is 89.2 Å². The summed E-state index contributed by atoms with van der Waals surface area (Å²) in [6.07, 6.45) is -0.191. The van der Waals surface area contributed by atoms with E-state index in [4.69, 9.17) is 0 Å². The molecule has 0 saturated heterocycles. The van der Waals surface area contributed by atoms with Gasteiger partial charge in [-0.2, -0.15) is 18.3 Å². The zero-order chi connectivity index (χ0) is 20.7. The first-order valence-electron chi connectivity index (χ1n) is 8.42. The maximum Gasteiger partial charge on any atom is 0.417 e. The molecule has 0 aliphatic heterocycles. The number of nitrogens with zero attached hydrogens (tertiary/aromatic N) is 3. The number of rotatable bonds is 6. The molecule has 3 rings (SSSR count). The topological polar surface area (TPSA) is 67.2 Å². The van der Waals surface area contributed by atoms with Crippen molar-refractivity contribution in [3.63, 3.8) is 0 Å². The van der Waals surface area contributed by atoms with Gasteiger partial charge in [0.15, 0.2) is 5.16 Å². The molecule has 1 N–H and O–H groups in total. The highest BCUT2D eigenvalue weighted by Crippen LogP contribution is 2.31. The van der Waals surface area contributed by atoms with Crippen LogP contribution in [0.15, 0.2) is 77.2 Å². The third kappa shape index (κ3) is 5.89. The zero-order valence-corrected chi connectivity index (χ0v) is 15.7. The summed E-state index contributed by atoms with van der Waals surface area (Å²) in [5.41, 5.74) is 2.61. The van der Waals surface area contributed by atoms with Gasteiger partial charge in [-0.1, -0.05) is 42.1 Å². The highest BCUT2D eigenvalue weighted by Gasteiger charge is 2.32. The summed E-state index contributed by atoms with van der Waals surface area (Å²) in [5.74, 6) is 0.120. The number of amides is 1. The molecule has 1 aromatic heterocycles. The van der Waals surface area contributed by atoms with Crippen LogP contribution < -0.4 is 5.43 Å². The van der Waals surface area contributed by atoms with Crippen LogP contribution in [0.5, 0.6) is 0 Å². The minimum absolute atomic E-state index is 0.129. The van der Waals surface area contributed by atoms with Gasteiger partial charge in [-0.25, -0.2) is 15.4 Å². The largest absolute Gasteiger partial charge is 0.417 e. The van der Waals surface area contributed by atoms with Crippen molar-refractivity contribution >= 4 is 23.9 Å². The van der Waals surface area contributed by atoms with Crippen LogP contribution in [0.1, 0.15) is 27.0 Å².